The number of benzene rings is 1. The number of halogens is 2. The molecule has 1 aliphatic carbocycles. The molecule has 2 amide bonds. The van der Waals surface area contributed by atoms with Crippen molar-refractivity contribution in [3.63, 3.8) is 0 Å². The topological polar surface area (TPSA) is 44.8 Å². The molecule has 7 heteroatoms. The molecule has 2 aliphatic rings. The second kappa shape index (κ2) is 8.97. The summed E-state index contributed by atoms with van der Waals surface area (Å²) in [4.78, 5) is 16.7. The predicted molar refractivity (Wildman–Crippen MR) is 99.9 cm³/mol. The van der Waals surface area contributed by atoms with E-state index in [0.29, 0.717) is 5.56 Å². The fourth-order valence-corrected chi connectivity index (χ4v) is 4.38. The molecule has 0 bridgehead atoms. The van der Waals surface area contributed by atoms with Gasteiger partial charge in [-0.3, -0.25) is 4.90 Å². The van der Waals surface area contributed by atoms with E-state index in [1.807, 2.05) is 0 Å². The maximum absolute atomic E-state index is 13.5. The van der Waals surface area contributed by atoms with Crippen LogP contribution < -0.4 is 5.32 Å². The molecule has 27 heavy (non-hydrogen) atoms. The first-order chi connectivity index (χ1) is 13.0. The first-order valence-corrected chi connectivity index (χ1v) is 9.64. The van der Waals surface area contributed by atoms with Crippen LogP contribution in [0.25, 0.3) is 0 Å². The molecule has 1 aromatic carbocycles. The fraction of sp³-hybridized carbons (Fsp3) is 0.650. The molecule has 150 valence electrons. The van der Waals surface area contributed by atoms with Gasteiger partial charge in [-0.1, -0.05) is 30.3 Å². The van der Waals surface area contributed by atoms with E-state index in [9.17, 15) is 13.6 Å². The molecule has 1 aromatic rings. The summed E-state index contributed by atoms with van der Waals surface area (Å²) in [5, 5.41) is 2.53. The van der Waals surface area contributed by atoms with Gasteiger partial charge in [0.1, 0.15) is 6.04 Å². The Morgan fingerprint density at radius 1 is 1.26 bits per heavy atom. The number of methoxy groups -OCH3 is 1. The van der Waals surface area contributed by atoms with Gasteiger partial charge in [-0.25, -0.2) is 13.6 Å². The number of amides is 2. The van der Waals surface area contributed by atoms with Crippen molar-refractivity contribution in [3.8, 4) is 0 Å². The van der Waals surface area contributed by atoms with E-state index in [0.717, 1.165) is 38.8 Å². The standard InChI is InChI=1S/C20H29F2N3O2/c1-24(16-9-6-10-17(16)25-12-11-15(13-25)27-2)20(26)23-18(19(21)22)14-7-4-3-5-8-14/h3-5,7-8,15-19H,6,9-13H2,1-2H3,(H,23,26)/t15?,16-,17+,18?/m0/s1. The van der Waals surface area contributed by atoms with Crippen molar-refractivity contribution in [2.75, 3.05) is 27.2 Å². The van der Waals surface area contributed by atoms with Crippen molar-refractivity contribution in [1.82, 2.24) is 15.1 Å². The minimum Gasteiger partial charge on any atom is -0.380 e. The van der Waals surface area contributed by atoms with Crippen LogP contribution in [-0.4, -0.2) is 67.7 Å². The van der Waals surface area contributed by atoms with Crippen molar-refractivity contribution in [2.24, 2.45) is 0 Å². The number of likely N-dealkylation sites (N-methyl/N-ethyl adjacent to an activating group) is 1. The number of nitrogens with one attached hydrogen (secondary N) is 1. The Morgan fingerprint density at radius 3 is 2.63 bits per heavy atom. The summed E-state index contributed by atoms with van der Waals surface area (Å²) in [6.45, 7) is 1.83. The number of likely N-dealkylation sites (tertiary alicyclic amines) is 1. The van der Waals surface area contributed by atoms with Gasteiger partial charge in [-0.15, -0.1) is 0 Å². The van der Waals surface area contributed by atoms with E-state index < -0.39 is 18.5 Å². The number of hydrogen-bond acceptors (Lipinski definition) is 3. The van der Waals surface area contributed by atoms with E-state index in [-0.39, 0.29) is 18.2 Å². The molecule has 4 atom stereocenters. The lowest BCUT2D eigenvalue weighted by atomic mass is 10.1. The molecule has 1 aliphatic heterocycles. The number of urea groups is 1. The van der Waals surface area contributed by atoms with Gasteiger partial charge in [-0.05, 0) is 31.2 Å². The third-order valence-electron chi connectivity index (χ3n) is 5.93. The molecule has 0 radical (unpaired) electrons. The lowest BCUT2D eigenvalue weighted by Gasteiger charge is -2.36. The number of carbonyl (C=O) groups excluding carboxylic acids is 1. The van der Waals surface area contributed by atoms with Gasteiger partial charge >= 0.3 is 6.03 Å². The SMILES string of the molecule is COC1CCN([C@@H]2CCC[C@@H]2N(C)C(=O)NC(c2ccccc2)C(F)F)C1. The molecule has 3 rings (SSSR count). The molecule has 0 spiro atoms. The van der Waals surface area contributed by atoms with Crippen LogP contribution >= 0.6 is 0 Å². The Bertz CT molecular complexity index is 617. The number of carbonyl (C=O) groups is 1. The van der Waals surface area contributed by atoms with Gasteiger partial charge in [0, 0.05) is 39.3 Å². The Balaban J connectivity index is 1.65. The number of alkyl halides is 2. The molecular formula is C20H29F2N3O2. The van der Waals surface area contributed by atoms with Crippen LogP contribution in [0.15, 0.2) is 30.3 Å². The summed E-state index contributed by atoms with van der Waals surface area (Å²) in [5.74, 6) is 0. The molecule has 1 heterocycles. The normalized spacial score (nSPS) is 27.1. The Labute approximate surface area is 159 Å². The largest absolute Gasteiger partial charge is 0.380 e. The van der Waals surface area contributed by atoms with Gasteiger partial charge in [0.2, 0.25) is 0 Å². The van der Waals surface area contributed by atoms with E-state index in [1.54, 1.807) is 49.4 Å². The minimum absolute atomic E-state index is 0.0368. The van der Waals surface area contributed by atoms with Gasteiger partial charge in [0.15, 0.2) is 0 Å². The second-order valence-corrected chi connectivity index (χ2v) is 7.49. The van der Waals surface area contributed by atoms with Gasteiger partial charge in [-0.2, -0.15) is 0 Å². The molecule has 1 saturated heterocycles. The summed E-state index contributed by atoms with van der Waals surface area (Å²) in [7, 11) is 3.45. The molecule has 1 N–H and O–H groups in total. The molecule has 5 nitrogen and oxygen atoms in total. The van der Waals surface area contributed by atoms with Crippen LogP contribution in [-0.2, 0) is 4.74 Å². The van der Waals surface area contributed by atoms with Crippen molar-refractivity contribution in [3.05, 3.63) is 35.9 Å². The number of ether oxygens (including phenoxy) is 1. The van der Waals surface area contributed by atoms with Gasteiger partial charge in [0.25, 0.3) is 6.43 Å². The Morgan fingerprint density at radius 2 is 2.00 bits per heavy atom. The third kappa shape index (κ3) is 4.58. The van der Waals surface area contributed by atoms with E-state index in [4.69, 9.17) is 4.74 Å². The van der Waals surface area contributed by atoms with Crippen LogP contribution in [0.1, 0.15) is 37.3 Å². The molecular weight excluding hydrogens is 352 g/mol. The Kier molecular flexibility index (Phi) is 6.65. The molecule has 0 aromatic heterocycles. The number of hydrogen-bond donors (Lipinski definition) is 1. The van der Waals surface area contributed by atoms with Crippen molar-refractivity contribution >= 4 is 6.03 Å². The van der Waals surface area contributed by atoms with Crippen molar-refractivity contribution in [1.29, 1.82) is 0 Å². The number of rotatable bonds is 6. The van der Waals surface area contributed by atoms with Crippen molar-refractivity contribution in [2.45, 2.75) is 56.3 Å². The monoisotopic (exact) mass is 381 g/mol. The van der Waals surface area contributed by atoms with E-state index >= 15 is 0 Å². The lowest BCUT2D eigenvalue weighted by molar-refractivity contribution is 0.0819. The quantitative estimate of drug-likeness (QED) is 0.823. The maximum atomic E-state index is 13.5. The first kappa shape index (κ1) is 20.0. The third-order valence-corrected chi connectivity index (χ3v) is 5.93. The molecule has 2 unspecified atom stereocenters. The highest BCUT2D eigenvalue weighted by molar-refractivity contribution is 5.75. The Hall–Kier alpha value is -1.73. The highest BCUT2D eigenvalue weighted by Crippen LogP contribution is 2.31. The van der Waals surface area contributed by atoms with E-state index in [2.05, 4.69) is 10.2 Å². The summed E-state index contributed by atoms with van der Waals surface area (Å²) in [6, 6.07) is 6.97. The summed E-state index contributed by atoms with van der Waals surface area (Å²) < 4.78 is 32.5. The van der Waals surface area contributed by atoms with Crippen LogP contribution in [0.3, 0.4) is 0 Å². The summed E-state index contributed by atoms with van der Waals surface area (Å²) in [6.07, 6.45) is 1.54. The van der Waals surface area contributed by atoms with Gasteiger partial charge in [0.05, 0.1) is 6.10 Å². The highest BCUT2D eigenvalue weighted by Gasteiger charge is 2.40. The molecule has 2 fully saturated rings. The fourth-order valence-electron chi connectivity index (χ4n) is 4.38. The smallest absolute Gasteiger partial charge is 0.318 e. The predicted octanol–water partition coefficient (Wildman–Crippen LogP) is 3.28. The maximum Gasteiger partial charge on any atom is 0.318 e. The summed E-state index contributed by atoms with van der Waals surface area (Å²) >= 11 is 0. The summed E-state index contributed by atoms with van der Waals surface area (Å²) in [5.41, 5.74) is 0.416. The zero-order chi connectivity index (χ0) is 19.4. The zero-order valence-electron chi connectivity index (χ0n) is 16.0. The van der Waals surface area contributed by atoms with Crippen molar-refractivity contribution < 1.29 is 18.3 Å². The molecule has 1 saturated carbocycles. The number of nitrogens with zero attached hydrogens (tertiary/aromatic N) is 2. The van der Waals surface area contributed by atoms with Gasteiger partial charge < -0.3 is 15.0 Å². The van der Waals surface area contributed by atoms with E-state index in [1.165, 1.54) is 0 Å². The van der Waals surface area contributed by atoms with Crippen LogP contribution in [0.4, 0.5) is 13.6 Å². The average Bonchev–Trinajstić information content (AvgIpc) is 3.34. The van der Waals surface area contributed by atoms with Crippen LogP contribution in [0.5, 0.6) is 0 Å². The lowest BCUT2D eigenvalue weighted by Crippen LogP contribution is -2.52. The second-order valence-electron chi connectivity index (χ2n) is 7.49. The zero-order valence-corrected chi connectivity index (χ0v) is 16.0. The van der Waals surface area contributed by atoms with Crippen LogP contribution in [0.2, 0.25) is 0 Å². The minimum atomic E-state index is -2.66. The highest BCUT2D eigenvalue weighted by atomic mass is 19.3. The first-order valence-electron chi connectivity index (χ1n) is 9.64. The van der Waals surface area contributed by atoms with Crippen LogP contribution in [0, 0.1) is 0 Å². The average molecular weight is 381 g/mol.